The van der Waals surface area contributed by atoms with Crippen LogP contribution in [0.3, 0.4) is 0 Å². The fourth-order valence-electron chi connectivity index (χ4n) is 3.75. The van der Waals surface area contributed by atoms with Crippen LogP contribution in [-0.2, 0) is 19.1 Å². The first kappa shape index (κ1) is 24.0. The van der Waals surface area contributed by atoms with Crippen LogP contribution in [0.4, 0.5) is 0 Å². The summed E-state index contributed by atoms with van der Waals surface area (Å²) < 4.78 is 15.6. The molecule has 1 amide bonds. The number of carbonyl (C=O) groups excluding carboxylic acids is 3. The lowest BCUT2D eigenvalue weighted by molar-refractivity contribution is -0.140. The lowest BCUT2D eigenvalue weighted by Gasteiger charge is -2.25. The number of Topliss-reactive ketones (excluding diaryl/α,β-unsaturated/α-hetero) is 1. The highest BCUT2D eigenvalue weighted by molar-refractivity contribution is 6.46. The molecule has 1 aliphatic rings. The van der Waals surface area contributed by atoms with Gasteiger partial charge in [0.05, 0.1) is 18.2 Å². The Kier molecular flexibility index (Phi) is 7.84. The standard InChI is InChI=1S/C25H27NO7/c1-4-32-19-10-8-18(9-11-19)23(28)21-22(17-6-12-20(13-7-17)33-16(2)27)26(14-5-15-31-3)25(30)24(21)29/h6-13,22,28H,4-5,14-15H2,1-3H3/b23-21-. The maximum Gasteiger partial charge on any atom is 0.308 e. The van der Waals surface area contributed by atoms with Crippen molar-refractivity contribution in [2.45, 2.75) is 26.3 Å². The Morgan fingerprint density at radius 2 is 1.67 bits per heavy atom. The maximum atomic E-state index is 13.0. The van der Waals surface area contributed by atoms with Crippen molar-refractivity contribution in [2.75, 3.05) is 26.9 Å². The van der Waals surface area contributed by atoms with Gasteiger partial charge in [-0.05, 0) is 55.3 Å². The number of ketones is 1. The van der Waals surface area contributed by atoms with E-state index < -0.39 is 23.7 Å². The van der Waals surface area contributed by atoms with E-state index in [1.165, 1.54) is 11.8 Å². The molecular weight excluding hydrogens is 426 g/mol. The van der Waals surface area contributed by atoms with Crippen LogP contribution >= 0.6 is 0 Å². The number of esters is 1. The summed E-state index contributed by atoms with van der Waals surface area (Å²) in [5, 5.41) is 11.1. The summed E-state index contributed by atoms with van der Waals surface area (Å²) in [7, 11) is 1.56. The number of likely N-dealkylation sites (tertiary alicyclic amines) is 1. The van der Waals surface area contributed by atoms with Gasteiger partial charge in [-0.1, -0.05) is 12.1 Å². The molecule has 1 N–H and O–H groups in total. The van der Waals surface area contributed by atoms with E-state index in [0.717, 1.165) is 0 Å². The van der Waals surface area contributed by atoms with Gasteiger partial charge >= 0.3 is 5.97 Å². The molecule has 2 aromatic rings. The zero-order valence-electron chi connectivity index (χ0n) is 18.9. The first-order valence-electron chi connectivity index (χ1n) is 10.7. The van der Waals surface area contributed by atoms with Crippen molar-refractivity contribution < 1.29 is 33.7 Å². The third-order valence-electron chi connectivity index (χ3n) is 5.18. The highest BCUT2D eigenvalue weighted by Crippen LogP contribution is 2.40. The minimum Gasteiger partial charge on any atom is -0.507 e. The number of benzene rings is 2. The quantitative estimate of drug-likeness (QED) is 0.155. The van der Waals surface area contributed by atoms with Crippen LogP contribution in [0.2, 0.25) is 0 Å². The lowest BCUT2D eigenvalue weighted by Crippen LogP contribution is -2.31. The third-order valence-corrected chi connectivity index (χ3v) is 5.18. The Balaban J connectivity index is 2.05. The van der Waals surface area contributed by atoms with Crippen LogP contribution < -0.4 is 9.47 Å². The molecule has 0 aliphatic carbocycles. The van der Waals surface area contributed by atoms with Gasteiger partial charge < -0.3 is 24.2 Å². The van der Waals surface area contributed by atoms with Crippen molar-refractivity contribution >= 4 is 23.4 Å². The number of nitrogens with zero attached hydrogens (tertiary/aromatic N) is 1. The maximum absolute atomic E-state index is 13.0. The van der Waals surface area contributed by atoms with Crippen molar-refractivity contribution in [3.63, 3.8) is 0 Å². The molecule has 0 bridgehead atoms. The number of ether oxygens (including phenoxy) is 3. The molecule has 8 heteroatoms. The SMILES string of the molecule is CCOc1ccc(/C(O)=C2/C(=O)C(=O)N(CCCOC)C2c2ccc(OC(C)=O)cc2)cc1. The topological polar surface area (TPSA) is 102 Å². The first-order valence-corrected chi connectivity index (χ1v) is 10.7. The molecule has 0 spiro atoms. The minimum absolute atomic E-state index is 0.00168. The number of aliphatic hydroxyl groups is 1. The van der Waals surface area contributed by atoms with E-state index in [1.54, 1.807) is 55.6 Å². The fourth-order valence-corrected chi connectivity index (χ4v) is 3.75. The van der Waals surface area contributed by atoms with E-state index in [4.69, 9.17) is 14.2 Å². The van der Waals surface area contributed by atoms with Gasteiger partial charge in [-0.3, -0.25) is 14.4 Å². The van der Waals surface area contributed by atoms with Crippen molar-refractivity contribution in [2.24, 2.45) is 0 Å². The predicted octanol–water partition coefficient (Wildman–Crippen LogP) is 3.47. The van der Waals surface area contributed by atoms with Crippen molar-refractivity contribution in [1.82, 2.24) is 4.90 Å². The Morgan fingerprint density at radius 3 is 2.24 bits per heavy atom. The number of aliphatic hydroxyl groups excluding tert-OH is 1. The summed E-state index contributed by atoms with van der Waals surface area (Å²) in [6.45, 7) is 4.36. The Labute approximate surface area is 192 Å². The molecule has 1 aliphatic heterocycles. The number of hydrogen-bond acceptors (Lipinski definition) is 7. The zero-order chi connectivity index (χ0) is 24.0. The smallest absolute Gasteiger partial charge is 0.308 e. The molecule has 0 aromatic heterocycles. The van der Waals surface area contributed by atoms with Gasteiger partial charge in [-0.25, -0.2) is 0 Å². The van der Waals surface area contributed by atoms with Gasteiger partial charge in [0.2, 0.25) is 0 Å². The molecule has 2 aromatic carbocycles. The van der Waals surface area contributed by atoms with Crippen LogP contribution in [0.25, 0.3) is 5.76 Å². The summed E-state index contributed by atoms with van der Waals surface area (Å²) in [4.78, 5) is 38.5. The van der Waals surface area contributed by atoms with Crippen LogP contribution in [-0.4, -0.2) is 54.5 Å². The van der Waals surface area contributed by atoms with E-state index in [-0.39, 0.29) is 17.9 Å². The van der Waals surface area contributed by atoms with Gasteiger partial charge in [0.25, 0.3) is 11.7 Å². The van der Waals surface area contributed by atoms with Gasteiger partial charge in [-0.2, -0.15) is 0 Å². The molecule has 1 unspecified atom stereocenters. The van der Waals surface area contributed by atoms with E-state index >= 15 is 0 Å². The second-order valence-corrected chi connectivity index (χ2v) is 7.46. The minimum atomic E-state index is -0.792. The molecular formula is C25H27NO7. The summed E-state index contributed by atoms with van der Waals surface area (Å²) >= 11 is 0. The summed E-state index contributed by atoms with van der Waals surface area (Å²) in [6.07, 6.45) is 0.522. The number of hydrogen-bond donors (Lipinski definition) is 1. The van der Waals surface area contributed by atoms with Crippen molar-refractivity contribution in [3.05, 3.63) is 65.2 Å². The normalized spacial score (nSPS) is 17.3. The molecule has 33 heavy (non-hydrogen) atoms. The molecule has 3 rings (SSSR count). The molecule has 0 radical (unpaired) electrons. The lowest BCUT2D eigenvalue weighted by atomic mass is 9.95. The number of methoxy groups -OCH3 is 1. The molecule has 0 saturated carbocycles. The van der Waals surface area contributed by atoms with Crippen molar-refractivity contribution in [3.8, 4) is 11.5 Å². The molecule has 1 atom stereocenters. The highest BCUT2D eigenvalue weighted by atomic mass is 16.5. The Hall–Kier alpha value is -3.65. The summed E-state index contributed by atoms with van der Waals surface area (Å²) in [5.74, 6) is -1.19. The van der Waals surface area contributed by atoms with E-state index in [9.17, 15) is 19.5 Å². The second kappa shape index (κ2) is 10.8. The van der Waals surface area contributed by atoms with Crippen molar-refractivity contribution in [1.29, 1.82) is 0 Å². The number of carbonyl (C=O) groups is 3. The van der Waals surface area contributed by atoms with E-state index in [1.807, 2.05) is 6.92 Å². The van der Waals surface area contributed by atoms with Crippen LogP contribution in [0.5, 0.6) is 11.5 Å². The number of rotatable bonds is 9. The van der Waals surface area contributed by atoms with E-state index in [2.05, 4.69) is 0 Å². The molecule has 1 heterocycles. The third kappa shape index (κ3) is 5.40. The van der Waals surface area contributed by atoms with Crippen LogP contribution in [0.1, 0.15) is 37.4 Å². The zero-order valence-corrected chi connectivity index (χ0v) is 18.9. The second-order valence-electron chi connectivity index (χ2n) is 7.46. The average molecular weight is 453 g/mol. The fraction of sp³-hybridized carbons (Fsp3) is 0.320. The molecule has 174 valence electrons. The highest BCUT2D eigenvalue weighted by Gasteiger charge is 2.45. The summed E-state index contributed by atoms with van der Waals surface area (Å²) in [5.41, 5.74) is 1.01. The Morgan fingerprint density at radius 1 is 1.03 bits per heavy atom. The van der Waals surface area contributed by atoms with Crippen LogP contribution in [0.15, 0.2) is 54.1 Å². The number of amides is 1. The van der Waals surface area contributed by atoms with Gasteiger partial charge in [-0.15, -0.1) is 0 Å². The predicted molar refractivity (Wildman–Crippen MR) is 121 cm³/mol. The monoisotopic (exact) mass is 453 g/mol. The Bertz CT molecular complexity index is 1040. The summed E-state index contributed by atoms with van der Waals surface area (Å²) in [6, 6.07) is 12.4. The van der Waals surface area contributed by atoms with Gasteiger partial charge in [0.15, 0.2) is 0 Å². The molecule has 1 fully saturated rings. The molecule has 8 nitrogen and oxygen atoms in total. The first-order chi connectivity index (χ1) is 15.9. The van der Waals surface area contributed by atoms with E-state index in [0.29, 0.717) is 42.3 Å². The largest absolute Gasteiger partial charge is 0.507 e. The average Bonchev–Trinajstić information content (AvgIpc) is 3.05. The van der Waals surface area contributed by atoms with Crippen LogP contribution in [0, 0.1) is 0 Å². The van der Waals surface area contributed by atoms with Gasteiger partial charge in [0, 0.05) is 32.7 Å². The van der Waals surface area contributed by atoms with Gasteiger partial charge in [0.1, 0.15) is 17.3 Å². The molecule has 1 saturated heterocycles.